The summed E-state index contributed by atoms with van der Waals surface area (Å²) in [6.45, 7) is 5.47. The van der Waals surface area contributed by atoms with Crippen molar-refractivity contribution in [3.05, 3.63) is 52.3 Å². The molecule has 108 valence electrons. The molecule has 0 radical (unpaired) electrons. The lowest BCUT2D eigenvalue weighted by atomic mass is 10.1. The lowest BCUT2D eigenvalue weighted by Gasteiger charge is -2.10. The minimum atomic E-state index is -0.603. The predicted octanol–water partition coefficient (Wildman–Crippen LogP) is 3.27. The summed E-state index contributed by atoms with van der Waals surface area (Å²) in [6, 6.07) is 3.79. The van der Waals surface area contributed by atoms with Crippen LogP contribution >= 0.6 is 0 Å². The van der Waals surface area contributed by atoms with Crippen LogP contribution in [0.2, 0.25) is 0 Å². The van der Waals surface area contributed by atoms with Gasteiger partial charge in [0.05, 0.1) is 18.3 Å². The highest BCUT2D eigenvalue weighted by Gasteiger charge is 2.19. The Morgan fingerprint density at radius 3 is 2.40 bits per heavy atom. The molecule has 3 nitrogen and oxygen atoms in total. The molecule has 1 N–H and O–H groups in total. The topological polar surface area (TPSA) is 38.1 Å². The molecular formula is C15H18F2N2O. The molecule has 20 heavy (non-hydrogen) atoms. The molecule has 0 aliphatic rings. The summed E-state index contributed by atoms with van der Waals surface area (Å²) in [6.07, 6.45) is -0.0317. The second-order valence-electron chi connectivity index (χ2n) is 4.87. The number of aliphatic hydroxyl groups excluding tert-OH is 1. The number of aryl methyl sites for hydroxylation is 1. The van der Waals surface area contributed by atoms with E-state index in [4.69, 9.17) is 0 Å². The highest BCUT2D eigenvalue weighted by atomic mass is 19.1. The Hall–Kier alpha value is -1.75. The zero-order chi connectivity index (χ0) is 14.9. The normalized spacial score (nSPS) is 12.7. The number of aliphatic hydroxyl groups is 1. The number of nitrogens with zero attached hydrogens (tertiary/aromatic N) is 2. The first-order chi connectivity index (χ1) is 9.45. The van der Waals surface area contributed by atoms with E-state index in [0.717, 1.165) is 11.3 Å². The van der Waals surface area contributed by atoms with Gasteiger partial charge in [-0.25, -0.2) is 8.78 Å². The van der Waals surface area contributed by atoms with Crippen molar-refractivity contribution in [1.82, 2.24) is 9.78 Å². The molecule has 0 amide bonds. The molecule has 0 saturated carbocycles. The largest absolute Gasteiger partial charge is 0.388 e. The predicted molar refractivity (Wildman–Crippen MR) is 72.4 cm³/mol. The lowest BCUT2D eigenvalue weighted by molar-refractivity contribution is 0.172. The minimum Gasteiger partial charge on any atom is -0.388 e. The first kappa shape index (κ1) is 14.7. The van der Waals surface area contributed by atoms with Crippen molar-refractivity contribution in [2.24, 2.45) is 0 Å². The van der Waals surface area contributed by atoms with E-state index in [9.17, 15) is 13.9 Å². The molecule has 1 heterocycles. The molecular weight excluding hydrogens is 262 g/mol. The van der Waals surface area contributed by atoms with Gasteiger partial charge in [0.15, 0.2) is 0 Å². The second kappa shape index (κ2) is 5.71. The Morgan fingerprint density at radius 2 is 1.85 bits per heavy atom. The maximum Gasteiger partial charge on any atom is 0.131 e. The van der Waals surface area contributed by atoms with Gasteiger partial charge in [-0.2, -0.15) is 5.10 Å². The third-order valence-corrected chi connectivity index (χ3v) is 3.53. The van der Waals surface area contributed by atoms with Gasteiger partial charge in [-0.1, -0.05) is 13.0 Å². The summed E-state index contributed by atoms with van der Waals surface area (Å²) in [5.74, 6) is -1.18. The van der Waals surface area contributed by atoms with Gasteiger partial charge in [0.25, 0.3) is 0 Å². The van der Waals surface area contributed by atoms with Crippen LogP contribution in [0.25, 0.3) is 0 Å². The standard InChI is InChI=1S/C15H18F2N2O/c1-4-14(20)15-9(2)18-19(10(15)3)8-11-12(16)6-5-7-13(11)17/h5-7,14,20H,4,8H2,1-3H3. The fourth-order valence-corrected chi connectivity index (χ4v) is 2.38. The third-order valence-electron chi connectivity index (χ3n) is 3.53. The van der Waals surface area contributed by atoms with Gasteiger partial charge >= 0.3 is 0 Å². The van der Waals surface area contributed by atoms with Crippen molar-refractivity contribution in [1.29, 1.82) is 0 Å². The van der Waals surface area contributed by atoms with Gasteiger partial charge in [0.2, 0.25) is 0 Å². The molecule has 1 unspecified atom stereocenters. The van der Waals surface area contributed by atoms with E-state index in [1.54, 1.807) is 13.8 Å². The molecule has 1 aromatic heterocycles. The number of rotatable bonds is 4. The van der Waals surface area contributed by atoms with Crippen LogP contribution in [0.3, 0.4) is 0 Å². The molecule has 0 saturated heterocycles. The van der Waals surface area contributed by atoms with Crippen LogP contribution in [-0.4, -0.2) is 14.9 Å². The smallest absolute Gasteiger partial charge is 0.131 e. The zero-order valence-corrected chi connectivity index (χ0v) is 11.8. The number of hydrogen-bond acceptors (Lipinski definition) is 2. The fourth-order valence-electron chi connectivity index (χ4n) is 2.38. The number of benzene rings is 1. The quantitative estimate of drug-likeness (QED) is 0.933. The van der Waals surface area contributed by atoms with E-state index < -0.39 is 17.7 Å². The van der Waals surface area contributed by atoms with E-state index in [2.05, 4.69) is 5.10 Å². The van der Waals surface area contributed by atoms with Crippen LogP contribution in [-0.2, 0) is 6.54 Å². The monoisotopic (exact) mass is 280 g/mol. The van der Waals surface area contributed by atoms with Crippen molar-refractivity contribution < 1.29 is 13.9 Å². The lowest BCUT2D eigenvalue weighted by Crippen LogP contribution is -2.08. The summed E-state index contributed by atoms with van der Waals surface area (Å²) < 4.78 is 28.9. The van der Waals surface area contributed by atoms with Gasteiger partial charge in [-0.3, -0.25) is 4.68 Å². The van der Waals surface area contributed by atoms with Crippen LogP contribution in [0.4, 0.5) is 8.78 Å². The third kappa shape index (κ3) is 2.58. The molecule has 0 fully saturated rings. The number of aromatic nitrogens is 2. The summed E-state index contributed by atoms with van der Waals surface area (Å²) in [5.41, 5.74) is 2.15. The van der Waals surface area contributed by atoms with Crippen molar-refractivity contribution in [2.75, 3.05) is 0 Å². The Balaban J connectivity index is 2.40. The molecule has 0 aliphatic carbocycles. The summed E-state index contributed by atoms with van der Waals surface area (Å²) >= 11 is 0. The van der Waals surface area contributed by atoms with Crippen molar-refractivity contribution in [2.45, 2.75) is 39.8 Å². The fraction of sp³-hybridized carbons (Fsp3) is 0.400. The summed E-state index contributed by atoms with van der Waals surface area (Å²) in [4.78, 5) is 0. The summed E-state index contributed by atoms with van der Waals surface area (Å²) in [7, 11) is 0. The zero-order valence-electron chi connectivity index (χ0n) is 11.8. The van der Waals surface area contributed by atoms with E-state index in [1.807, 2.05) is 6.92 Å². The van der Waals surface area contributed by atoms with Crippen LogP contribution in [0.15, 0.2) is 18.2 Å². The van der Waals surface area contributed by atoms with E-state index >= 15 is 0 Å². The first-order valence-corrected chi connectivity index (χ1v) is 6.60. The van der Waals surface area contributed by atoms with E-state index in [-0.39, 0.29) is 12.1 Å². The highest BCUT2D eigenvalue weighted by Crippen LogP contribution is 2.25. The van der Waals surface area contributed by atoms with Crippen LogP contribution < -0.4 is 0 Å². The number of hydrogen-bond donors (Lipinski definition) is 1. The highest BCUT2D eigenvalue weighted by molar-refractivity contribution is 5.28. The van der Waals surface area contributed by atoms with Gasteiger partial charge in [-0.05, 0) is 32.4 Å². The molecule has 0 aliphatic heterocycles. The van der Waals surface area contributed by atoms with Gasteiger partial charge < -0.3 is 5.11 Å². The van der Waals surface area contributed by atoms with Crippen LogP contribution in [0.1, 0.15) is 42.0 Å². The molecule has 5 heteroatoms. The Morgan fingerprint density at radius 1 is 1.25 bits per heavy atom. The average molecular weight is 280 g/mol. The Labute approximate surface area is 116 Å². The summed E-state index contributed by atoms with van der Waals surface area (Å²) in [5, 5.41) is 14.3. The first-order valence-electron chi connectivity index (χ1n) is 6.60. The number of halogens is 2. The molecule has 2 rings (SSSR count). The van der Waals surface area contributed by atoms with Crippen LogP contribution in [0, 0.1) is 25.5 Å². The molecule has 0 spiro atoms. The SMILES string of the molecule is CCC(O)c1c(C)nn(Cc2c(F)cccc2F)c1C. The van der Waals surface area contributed by atoms with E-state index in [0.29, 0.717) is 12.1 Å². The van der Waals surface area contributed by atoms with Gasteiger partial charge in [-0.15, -0.1) is 0 Å². The maximum atomic E-state index is 13.7. The molecule has 1 atom stereocenters. The van der Waals surface area contributed by atoms with Crippen molar-refractivity contribution in [3.63, 3.8) is 0 Å². The maximum absolute atomic E-state index is 13.7. The van der Waals surface area contributed by atoms with E-state index in [1.165, 1.54) is 22.9 Å². The van der Waals surface area contributed by atoms with Crippen molar-refractivity contribution >= 4 is 0 Å². The van der Waals surface area contributed by atoms with Crippen molar-refractivity contribution in [3.8, 4) is 0 Å². The second-order valence-corrected chi connectivity index (χ2v) is 4.87. The van der Waals surface area contributed by atoms with Crippen LogP contribution in [0.5, 0.6) is 0 Å². The molecule has 0 bridgehead atoms. The van der Waals surface area contributed by atoms with Gasteiger partial charge in [0.1, 0.15) is 11.6 Å². The Kier molecular flexibility index (Phi) is 4.18. The molecule has 2 aromatic rings. The average Bonchev–Trinajstić information content (AvgIpc) is 2.68. The molecule has 1 aromatic carbocycles. The van der Waals surface area contributed by atoms with Gasteiger partial charge in [0, 0.05) is 16.8 Å². The minimum absolute atomic E-state index is 0.0155. The Bertz CT molecular complexity index is 602.